The minimum absolute atomic E-state index is 0.473. The van der Waals surface area contributed by atoms with E-state index in [1.54, 1.807) is 0 Å². The molecule has 0 bridgehead atoms. The lowest BCUT2D eigenvalue weighted by atomic mass is 10.4. The van der Waals surface area contributed by atoms with Gasteiger partial charge in [-0.15, -0.1) is 0 Å². The first-order chi connectivity index (χ1) is 5.24. The van der Waals surface area contributed by atoms with Crippen molar-refractivity contribution in [1.29, 1.82) is 0 Å². The van der Waals surface area contributed by atoms with E-state index in [9.17, 15) is 0 Å². The minimum atomic E-state index is 0.473. The Morgan fingerprint density at radius 3 is 2.82 bits per heavy atom. The molecule has 7 N–H and O–H groups in total. The van der Waals surface area contributed by atoms with Crippen molar-refractivity contribution in [2.24, 2.45) is 11.6 Å². The fraction of sp³-hybridized carbons (Fsp3) is 0.167. The smallest absolute Gasteiger partial charge is 0.313 e. The molecule has 11 heavy (non-hydrogen) atoms. The third-order valence-electron chi connectivity index (χ3n) is 1.33. The van der Waals surface area contributed by atoms with Gasteiger partial charge >= 0.3 is 5.84 Å². The zero-order valence-electron chi connectivity index (χ0n) is 6.31. The van der Waals surface area contributed by atoms with Crippen molar-refractivity contribution in [3.8, 4) is 0 Å². The predicted molar refractivity (Wildman–Crippen MR) is 42.1 cm³/mol. The van der Waals surface area contributed by atoms with Crippen molar-refractivity contribution in [2.75, 3.05) is 0 Å². The lowest BCUT2D eigenvalue weighted by molar-refractivity contribution is -0.528. The normalized spacial score (nSPS) is 11.6. The van der Waals surface area contributed by atoms with Gasteiger partial charge in [-0.1, -0.05) is 0 Å². The Labute approximate surface area is 64.4 Å². The van der Waals surface area contributed by atoms with E-state index in [0.717, 1.165) is 11.4 Å². The molecule has 0 saturated carbocycles. The van der Waals surface area contributed by atoms with Crippen LogP contribution in [-0.4, -0.2) is 10.8 Å². The summed E-state index contributed by atoms with van der Waals surface area (Å²) in [6.45, 7) is 1.95. The van der Waals surface area contributed by atoms with Crippen LogP contribution in [0.15, 0.2) is 12.1 Å². The molecular formula is C6H12N5+. The fourth-order valence-corrected chi connectivity index (χ4v) is 0.806. The number of hydrazine groups is 2. The Morgan fingerprint density at radius 1 is 1.64 bits per heavy atom. The average molecular weight is 154 g/mol. The summed E-state index contributed by atoms with van der Waals surface area (Å²) in [5.74, 6) is 5.47. The number of nitrogen functional groups attached to an aromatic ring is 1. The van der Waals surface area contributed by atoms with Gasteiger partial charge in [-0.2, -0.15) is 10.6 Å². The molecule has 1 aromatic rings. The maximum atomic E-state index is 5.55. The fourth-order valence-electron chi connectivity index (χ4n) is 0.806. The highest BCUT2D eigenvalue weighted by molar-refractivity contribution is 5.91. The summed E-state index contributed by atoms with van der Waals surface area (Å²) in [7, 11) is 0. The maximum absolute atomic E-state index is 5.55. The van der Waals surface area contributed by atoms with E-state index in [1.807, 2.05) is 19.1 Å². The second kappa shape index (κ2) is 3.07. The molecule has 0 amide bonds. The Bertz CT molecular complexity index is 262. The SMILES string of the molecule is Cc1ccc(C(N)=[NH+]NN)[nH]1. The van der Waals surface area contributed by atoms with E-state index in [2.05, 4.69) is 15.6 Å². The third kappa shape index (κ3) is 1.71. The van der Waals surface area contributed by atoms with Crippen LogP contribution in [0.25, 0.3) is 0 Å². The molecule has 0 saturated heterocycles. The van der Waals surface area contributed by atoms with Crippen molar-refractivity contribution >= 4 is 5.84 Å². The number of H-pyrrole nitrogens is 1. The minimum Gasteiger partial charge on any atom is -0.352 e. The van der Waals surface area contributed by atoms with E-state index < -0.39 is 0 Å². The summed E-state index contributed by atoms with van der Waals surface area (Å²) < 4.78 is 0. The molecule has 0 fully saturated rings. The number of rotatable bonds is 2. The first-order valence-corrected chi connectivity index (χ1v) is 3.24. The molecule has 0 radical (unpaired) electrons. The zero-order chi connectivity index (χ0) is 8.27. The number of hydrogen-bond donors (Lipinski definition) is 5. The predicted octanol–water partition coefficient (Wildman–Crippen LogP) is -2.51. The van der Waals surface area contributed by atoms with Gasteiger partial charge in [0, 0.05) is 5.69 Å². The van der Waals surface area contributed by atoms with Gasteiger partial charge in [0.1, 0.15) is 5.69 Å². The van der Waals surface area contributed by atoms with Crippen molar-refractivity contribution in [2.45, 2.75) is 6.92 Å². The number of hydrogen-bond acceptors (Lipinski definition) is 2. The molecule has 0 aliphatic heterocycles. The molecule has 1 heterocycles. The Morgan fingerprint density at radius 2 is 2.36 bits per heavy atom. The molecule has 1 rings (SSSR count). The van der Waals surface area contributed by atoms with Crippen LogP contribution >= 0.6 is 0 Å². The largest absolute Gasteiger partial charge is 0.352 e. The van der Waals surface area contributed by atoms with Crippen LogP contribution in [0.2, 0.25) is 0 Å². The Kier molecular flexibility index (Phi) is 2.12. The van der Waals surface area contributed by atoms with Crippen LogP contribution < -0.4 is 22.2 Å². The number of aromatic nitrogens is 1. The molecule has 0 unspecified atom stereocenters. The van der Waals surface area contributed by atoms with Crippen LogP contribution in [0.4, 0.5) is 0 Å². The zero-order valence-corrected chi connectivity index (χ0v) is 6.31. The summed E-state index contributed by atoms with van der Waals surface area (Å²) in [6, 6.07) is 3.80. The molecule has 1 aromatic heterocycles. The van der Waals surface area contributed by atoms with E-state index in [-0.39, 0.29) is 0 Å². The molecule has 0 atom stereocenters. The summed E-state index contributed by atoms with van der Waals surface area (Å²) >= 11 is 0. The summed E-state index contributed by atoms with van der Waals surface area (Å²) in [4.78, 5) is 3.04. The van der Waals surface area contributed by atoms with Gasteiger partial charge in [-0.25, -0.2) is 5.84 Å². The summed E-state index contributed by atoms with van der Waals surface area (Å²) in [6.07, 6.45) is 0. The summed E-state index contributed by atoms with van der Waals surface area (Å²) in [5, 5.41) is 2.57. The number of amidine groups is 1. The van der Waals surface area contributed by atoms with E-state index in [4.69, 9.17) is 11.6 Å². The van der Waals surface area contributed by atoms with E-state index in [0.29, 0.717) is 5.84 Å². The summed E-state index contributed by atoms with van der Waals surface area (Å²) in [5.41, 5.74) is 9.67. The van der Waals surface area contributed by atoms with Crippen LogP contribution in [0.5, 0.6) is 0 Å². The van der Waals surface area contributed by atoms with Crippen LogP contribution in [0.3, 0.4) is 0 Å². The molecule has 0 aromatic carbocycles. The molecule has 5 nitrogen and oxygen atoms in total. The molecule has 0 aliphatic carbocycles. The van der Waals surface area contributed by atoms with Gasteiger partial charge < -0.3 is 4.98 Å². The molecule has 0 spiro atoms. The molecule has 0 aliphatic rings. The molecular weight excluding hydrogens is 142 g/mol. The van der Waals surface area contributed by atoms with Gasteiger partial charge in [-0.05, 0) is 19.1 Å². The standard InChI is InChI=1S/C6H11N5/c1-4-2-3-5(9-4)6(7)10-11-8/h2-3,9,11H,8H2,1H3,(H2,7,10)/p+1. The number of nitrogens with one attached hydrogen (secondary N) is 3. The second-order valence-electron chi connectivity index (χ2n) is 2.24. The van der Waals surface area contributed by atoms with Gasteiger partial charge in [0.2, 0.25) is 0 Å². The highest BCUT2D eigenvalue weighted by Crippen LogP contribution is 1.96. The lowest BCUT2D eigenvalue weighted by Crippen LogP contribution is -2.87. The number of aromatic amines is 1. The highest BCUT2D eigenvalue weighted by Gasteiger charge is 2.04. The van der Waals surface area contributed by atoms with Crippen LogP contribution in [-0.2, 0) is 0 Å². The average Bonchev–Trinajstić information content (AvgIpc) is 2.36. The Hall–Kier alpha value is -1.49. The van der Waals surface area contributed by atoms with E-state index >= 15 is 0 Å². The third-order valence-corrected chi connectivity index (χ3v) is 1.33. The van der Waals surface area contributed by atoms with Gasteiger partial charge in [0.15, 0.2) is 0 Å². The topological polar surface area (TPSA) is 93.8 Å². The van der Waals surface area contributed by atoms with E-state index in [1.165, 1.54) is 0 Å². The van der Waals surface area contributed by atoms with Crippen molar-refractivity contribution < 1.29 is 5.10 Å². The quantitative estimate of drug-likeness (QED) is 0.141. The monoisotopic (exact) mass is 154 g/mol. The Balaban J connectivity index is 2.84. The highest BCUT2D eigenvalue weighted by atomic mass is 15.5. The van der Waals surface area contributed by atoms with Crippen LogP contribution in [0.1, 0.15) is 11.4 Å². The first-order valence-electron chi connectivity index (χ1n) is 3.24. The molecule has 60 valence electrons. The van der Waals surface area contributed by atoms with Gasteiger partial charge in [-0.3, -0.25) is 5.73 Å². The second-order valence-corrected chi connectivity index (χ2v) is 2.24. The number of hydrazone groups is 1. The van der Waals surface area contributed by atoms with Crippen molar-refractivity contribution in [1.82, 2.24) is 10.5 Å². The van der Waals surface area contributed by atoms with Gasteiger partial charge in [0.25, 0.3) is 0 Å². The van der Waals surface area contributed by atoms with Gasteiger partial charge in [0.05, 0.1) is 0 Å². The first kappa shape index (κ1) is 7.62. The van der Waals surface area contributed by atoms with Crippen molar-refractivity contribution in [3.05, 3.63) is 23.5 Å². The maximum Gasteiger partial charge on any atom is 0.313 e. The van der Waals surface area contributed by atoms with Crippen molar-refractivity contribution in [3.63, 3.8) is 0 Å². The van der Waals surface area contributed by atoms with Crippen LogP contribution in [0, 0.1) is 6.92 Å². The number of nitrogens with two attached hydrogens (primary N) is 2. The lowest BCUT2D eigenvalue weighted by Gasteiger charge is -1.89. The molecule has 5 heteroatoms. The number of aryl methyl sites for hydroxylation is 1.